The van der Waals surface area contributed by atoms with Crippen LogP contribution in [0.15, 0.2) is 42.7 Å². The van der Waals surface area contributed by atoms with Crippen LogP contribution in [0.3, 0.4) is 0 Å². The van der Waals surface area contributed by atoms with Gasteiger partial charge in [-0.15, -0.1) is 0 Å². The van der Waals surface area contributed by atoms with Crippen molar-refractivity contribution in [1.29, 1.82) is 0 Å². The van der Waals surface area contributed by atoms with Gasteiger partial charge in [0.05, 0.1) is 31.0 Å². The van der Waals surface area contributed by atoms with Crippen LogP contribution in [-0.4, -0.2) is 34.5 Å². The molecule has 3 aromatic rings. The number of aryl methyl sites for hydroxylation is 2. The average molecular weight is 366 g/mol. The van der Waals surface area contributed by atoms with Crippen molar-refractivity contribution in [2.45, 2.75) is 33.4 Å². The van der Waals surface area contributed by atoms with E-state index in [1.807, 2.05) is 41.8 Å². The molecule has 0 fully saturated rings. The van der Waals surface area contributed by atoms with Crippen LogP contribution in [0, 0.1) is 13.8 Å². The molecule has 1 aromatic heterocycles. The van der Waals surface area contributed by atoms with Crippen LogP contribution in [0.5, 0.6) is 11.5 Å². The number of benzene rings is 2. The number of ether oxygens (including phenoxy) is 2. The molecule has 27 heavy (non-hydrogen) atoms. The Morgan fingerprint density at radius 1 is 1.15 bits per heavy atom. The molecule has 0 amide bonds. The zero-order valence-electron chi connectivity index (χ0n) is 16.3. The van der Waals surface area contributed by atoms with Gasteiger partial charge in [0.15, 0.2) is 11.5 Å². The van der Waals surface area contributed by atoms with Gasteiger partial charge in [-0.2, -0.15) is 0 Å². The van der Waals surface area contributed by atoms with Crippen molar-refractivity contribution in [2.75, 3.05) is 13.7 Å². The largest absolute Gasteiger partial charge is 0.493 e. The first-order valence-corrected chi connectivity index (χ1v) is 9.05. The molecular weight excluding hydrogens is 340 g/mol. The van der Waals surface area contributed by atoms with Gasteiger partial charge >= 0.3 is 0 Å². The predicted molar refractivity (Wildman–Crippen MR) is 108 cm³/mol. The van der Waals surface area contributed by atoms with E-state index in [-0.39, 0.29) is 6.61 Å². The van der Waals surface area contributed by atoms with E-state index in [9.17, 15) is 5.11 Å². The highest BCUT2D eigenvalue weighted by atomic mass is 16.5. The van der Waals surface area contributed by atoms with E-state index < -0.39 is 6.10 Å². The molecule has 1 heterocycles. The molecular formula is C22H26N2O3. The second-order valence-electron chi connectivity index (χ2n) is 6.70. The average Bonchev–Trinajstić information content (AvgIpc) is 3.02. The zero-order valence-corrected chi connectivity index (χ0v) is 16.3. The third-order valence-corrected chi connectivity index (χ3v) is 4.62. The molecule has 5 heteroatoms. The summed E-state index contributed by atoms with van der Waals surface area (Å²) >= 11 is 0. The van der Waals surface area contributed by atoms with Crippen molar-refractivity contribution >= 4 is 17.1 Å². The second-order valence-corrected chi connectivity index (χ2v) is 6.70. The zero-order chi connectivity index (χ0) is 19.4. The van der Waals surface area contributed by atoms with E-state index in [1.165, 1.54) is 11.1 Å². The summed E-state index contributed by atoms with van der Waals surface area (Å²) in [6.07, 6.45) is 5.07. The molecule has 1 unspecified atom stereocenters. The molecule has 0 aliphatic carbocycles. The number of methoxy groups -OCH3 is 1. The van der Waals surface area contributed by atoms with Crippen LogP contribution < -0.4 is 9.47 Å². The van der Waals surface area contributed by atoms with E-state index in [2.05, 4.69) is 31.0 Å². The van der Waals surface area contributed by atoms with Crippen molar-refractivity contribution < 1.29 is 14.6 Å². The molecule has 1 N–H and O–H groups in total. The first kappa shape index (κ1) is 19.0. The van der Waals surface area contributed by atoms with Crippen molar-refractivity contribution in [3.05, 3.63) is 59.4 Å². The van der Waals surface area contributed by atoms with Gasteiger partial charge in [-0.25, -0.2) is 4.98 Å². The molecule has 0 spiro atoms. The lowest BCUT2D eigenvalue weighted by Gasteiger charge is -2.16. The topological polar surface area (TPSA) is 56.5 Å². The monoisotopic (exact) mass is 366 g/mol. The van der Waals surface area contributed by atoms with E-state index in [1.54, 1.807) is 13.4 Å². The standard InChI is InChI=1S/C22H26N2O3/c1-5-6-17-7-8-21(22(11-17)26-4)27-13-18(25)12-24-14-23-19-9-15(2)16(3)10-20(19)24/h5-11,14,18,25H,12-13H2,1-4H3. The minimum Gasteiger partial charge on any atom is -0.493 e. The van der Waals surface area contributed by atoms with Crippen molar-refractivity contribution in [2.24, 2.45) is 0 Å². The molecule has 0 aliphatic rings. The fourth-order valence-corrected chi connectivity index (χ4v) is 3.02. The van der Waals surface area contributed by atoms with Gasteiger partial charge in [0.2, 0.25) is 0 Å². The molecule has 5 nitrogen and oxygen atoms in total. The molecule has 0 aliphatic heterocycles. The molecule has 0 saturated carbocycles. The smallest absolute Gasteiger partial charge is 0.161 e. The molecule has 1 atom stereocenters. The maximum absolute atomic E-state index is 10.4. The number of allylic oxidation sites excluding steroid dienone is 1. The normalized spacial score (nSPS) is 12.6. The number of nitrogens with zero attached hydrogens (tertiary/aromatic N) is 2. The van der Waals surface area contributed by atoms with E-state index in [0.717, 1.165) is 16.6 Å². The van der Waals surface area contributed by atoms with Crippen molar-refractivity contribution in [3.8, 4) is 11.5 Å². The predicted octanol–water partition coefficient (Wildman–Crippen LogP) is 4.13. The summed E-state index contributed by atoms with van der Waals surface area (Å²) in [4.78, 5) is 4.43. The highest BCUT2D eigenvalue weighted by molar-refractivity contribution is 5.77. The first-order valence-electron chi connectivity index (χ1n) is 9.05. The number of hydrogen-bond donors (Lipinski definition) is 1. The van der Waals surface area contributed by atoms with Gasteiger partial charge in [0.1, 0.15) is 12.7 Å². The fraction of sp³-hybridized carbons (Fsp3) is 0.318. The van der Waals surface area contributed by atoms with Crippen LogP contribution in [-0.2, 0) is 6.54 Å². The summed E-state index contributed by atoms with van der Waals surface area (Å²) in [5, 5.41) is 10.4. The van der Waals surface area contributed by atoms with E-state index in [0.29, 0.717) is 18.0 Å². The minimum atomic E-state index is -0.663. The summed E-state index contributed by atoms with van der Waals surface area (Å²) in [6.45, 7) is 6.71. The Morgan fingerprint density at radius 2 is 1.93 bits per heavy atom. The Labute approximate surface area is 159 Å². The van der Waals surface area contributed by atoms with Crippen LogP contribution in [0.2, 0.25) is 0 Å². The van der Waals surface area contributed by atoms with E-state index in [4.69, 9.17) is 9.47 Å². The highest BCUT2D eigenvalue weighted by Gasteiger charge is 2.12. The van der Waals surface area contributed by atoms with Gasteiger partial charge in [0.25, 0.3) is 0 Å². The van der Waals surface area contributed by atoms with Crippen LogP contribution in [0.25, 0.3) is 17.1 Å². The summed E-state index contributed by atoms with van der Waals surface area (Å²) < 4.78 is 13.2. The number of aliphatic hydroxyl groups is 1. The third-order valence-electron chi connectivity index (χ3n) is 4.62. The van der Waals surface area contributed by atoms with Gasteiger partial charge in [-0.05, 0) is 61.7 Å². The van der Waals surface area contributed by atoms with Crippen LogP contribution in [0.1, 0.15) is 23.6 Å². The summed E-state index contributed by atoms with van der Waals surface area (Å²) in [5.74, 6) is 1.27. The maximum atomic E-state index is 10.4. The molecule has 0 bridgehead atoms. The SMILES string of the molecule is CC=Cc1ccc(OCC(O)Cn2cnc3cc(C)c(C)cc32)c(OC)c1. The maximum Gasteiger partial charge on any atom is 0.161 e. The molecule has 2 aromatic carbocycles. The lowest BCUT2D eigenvalue weighted by molar-refractivity contribution is 0.0919. The van der Waals surface area contributed by atoms with Gasteiger partial charge in [-0.1, -0.05) is 18.2 Å². The summed E-state index contributed by atoms with van der Waals surface area (Å²) in [7, 11) is 1.61. The Hall–Kier alpha value is -2.79. The highest BCUT2D eigenvalue weighted by Crippen LogP contribution is 2.29. The number of hydrogen-bond acceptors (Lipinski definition) is 4. The third kappa shape index (κ3) is 4.31. The Bertz CT molecular complexity index is 960. The Balaban J connectivity index is 1.68. The molecule has 0 saturated heterocycles. The number of rotatable bonds is 7. The molecule has 3 rings (SSSR count). The number of fused-ring (bicyclic) bond motifs is 1. The van der Waals surface area contributed by atoms with Gasteiger partial charge in [0, 0.05) is 0 Å². The molecule has 0 radical (unpaired) electrons. The lowest BCUT2D eigenvalue weighted by atomic mass is 10.1. The number of aliphatic hydroxyl groups excluding tert-OH is 1. The van der Waals surface area contributed by atoms with Crippen molar-refractivity contribution in [3.63, 3.8) is 0 Å². The summed E-state index contributed by atoms with van der Waals surface area (Å²) in [6, 6.07) is 9.91. The Morgan fingerprint density at radius 3 is 2.67 bits per heavy atom. The van der Waals surface area contributed by atoms with Crippen LogP contribution in [0.4, 0.5) is 0 Å². The lowest BCUT2D eigenvalue weighted by Crippen LogP contribution is -2.23. The van der Waals surface area contributed by atoms with Crippen molar-refractivity contribution in [1.82, 2.24) is 9.55 Å². The van der Waals surface area contributed by atoms with Gasteiger partial charge in [-0.3, -0.25) is 0 Å². The minimum absolute atomic E-state index is 0.170. The Kier molecular flexibility index (Phi) is 5.81. The van der Waals surface area contributed by atoms with E-state index >= 15 is 0 Å². The summed E-state index contributed by atoms with van der Waals surface area (Å²) in [5.41, 5.74) is 5.42. The molecule has 142 valence electrons. The first-order chi connectivity index (χ1) is 13.0. The fourth-order valence-electron chi connectivity index (χ4n) is 3.02. The number of imidazole rings is 1. The van der Waals surface area contributed by atoms with Crippen LogP contribution >= 0.6 is 0 Å². The second kappa shape index (κ2) is 8.27. The quantitative estimate of drug-likeness (QED) is 0.683. The number of aromatic nitrogens is 2. The van der Waals surface area contributed by atoms with Gasteiger partial charge < -0.3 is 19.1 Å².